The number of aromatic carboxylic acids is 1. The molecule has 0 spiro atoms. The lowest BCUT2D eigenvalue weighted by Crippen LogP contribution is -2.07. The molecule has 0 fully saturated rings. The van der Waals surface area contributed by atoms with Crippen LogP contribution in [-0.4, -0.2) is 28.9 Å². The van der Waals surface area contributed by atoms with Crippen molar-refractivity contribution in [2.75, 3.05) is 0 Å². The van der Waals surface area contributed by atoms with Gasteiger partial charge in [0.25, 0.3) is 0 Å². The summed E-state index contributed by atoms with van der Waals surface area (Å²) in [7, 11) is 0. The molecular weight excluding hydrogens is 338 g/mol. The second kappa shape index (κ2) is 7.02. The van der Waals surface area contributed by atoms with Crippen molar-refractivity contribution in [2.24, 2.45) is 4.99 Å². The fourth-order valence-electron chi connectivity index (χ4n) is 2.32. The van der Waals surface area contributed by atoms with Gasteiger partial charge in [-0.3, -0.25) is 4.79 Å². The van der Waals surface area contributed by atoms with E-state index in [9.17, 15) is 19.5 Å². The van der Waals surface area contributed by atoms with Crippen molar-refractivity contribution in [3.8, 4) is 5.75 Å². The molecule has 3 rings (SSSR count). The number of ether oxygens (including phenoxy) is 2. The molecule has 0 radical (unpaired) electrons. The Morgan fingerprint density at radius 1 is 1.15 bits per heavy atom. The molecule has 0 saturated carbocycles. The van der Waals surface area contributed by atoms with Crippen LogP contribution in [0.2, 0.25) is 0 Å². The lowest BCUT2D eigenvalue weighted by molar-refractivity contribution is -0.132. The Labute approximate surface area is 148 Å². The fraction of sp³-hybridized carbons (Fsp3) is 0.0526. The molecule has 0 amide bonds. The van der Waals surface area contributed by atoms with E-state index >= 15 is 0 Å². The van der Waals surface area contributed by atoms with Gasteiger partial charge in [0.2, 0.25) is 5.90 Å². The summed E-state index contributed by atoms with van der Waals surface area (Å²) >= 11 is 0. The van der Waals surface area contributed by atoms with Crippen molar-refractivity contribution >= 4 is 29.9 Å². The number of cyclic esters (lactones) is 1. The topological polar surface area (TPSA) is 102 Å². The highest BCUT2D eigenvalue weighted by atomic mass is 16.6. The van der Waals surface area contributed by atoms with Gasteiger partial charge in [-0.15, -0.1) is 0 Å². The minimum absolute atomic E-state index is 0.0421. The third-order valence-corrected chi connectivity index (χ3v) is 3.43. The Bertz CT molecular complexity index is 959. The van der Waals surface area contributed by atoms with Crippen molar-refractivity contribution in [1.29, 1.82) is 0 Å². The zero-order valence-electron chi connectivity index (χ0n) is 13.6. The molecule has 0 aliphatic carbocycles. The van der Waals surface area contributed by atoms with E-state index in [1.54, 1.807) is 24.3 Å². The van der Waals surface area contributed by atoms with Gasteiger partial charge in [-0.05, 0) is 35.9 Å². The predicted molar refractivity (Wildman–Crippen MR) is 91.8 cm³/mol. The number of carboxylic acids is 1. The van der Waals surface area contributed by atoms with E-state index in [-0.39, 0.29) is 22.9 Å². The molecule has 1 heterocycles. The van der Waals surface area contributed by atoms with Gasteiger partial charge in [0.15, 0.2) is 5.70 Å². The van der Waals surface area contributed by atoms with Crippen molar-refractivity contribution in [3.63, 3.8) is 0 Å². The van der Waals surface area contributed by atoms with Crippen molar-refractivity contribution in [3.05, 3.63) is 70.9 Å². The Kier molecular flexibility index (Phi) is 4.62. The number of hydrogen-bond donors (Lipinski definition) is 1. The van der Waals surface area contributed by atoms with Gasteiger partial charge < -0.3 is 14.6 Å². The summed E-state index contributed by atoms with van der Waals surface area (Å²) in [5.41, 5.74) is 0.901. The van der Waals surface area contributed by atoms with Crippen molar-refractivity contribution < 1.29 is 29.0 Å². The Balaban J connectivity index is 1.95. The summed E-state index contributed by atoms with van der Waals surface area (Å²) < 4.78 is 10.0. The normalized spacial score (nSPS) is 14.7. The van der Waals surface area contributed by atoms with Gasteiger partial charge in [0.1, 0.15) is 11.3 Å². The molecule has 2 aromatic rings. The van der Waals surface area contributed by atoms with Crippen LogP contribution in [0.5, 0.6) is 5.75 Å². The van der Waals surface area contributed by atoms with E-state index < -0.39 is 17.9 Å². The van der Waals surface area contributed by atoms with Crippen LogP contribution >= 0.6 is 0 Å². The number of rotatable bonds is 4. The zero-order chi connectivity index (χ0) is 18.7. The lowest BCUT2D eigenvalue weighted by atomic mass is 10.1. The number of nitrogens with zero attached hydrogens (tertiary/aromatic N) is 1. The van der Waals surface area contributed by atoms with Gasteiger partial charge in [0, 0.05) is 12.5 Å². The highest BCUT2D eigenvalue weighted by Gasteiger charge is 2.24. The zero-order valence-corrected chi connectivity index (χ0v) is 13.6. The van der Waals surface area contributed by atoms with E-state index in [2.05, 4.69) is 4.99 Å². The summed E-state index contributed by atoms with van der Waals surface area (Å²) in [5, 5.41) is 9.28. The fourth-order valence-corrected chi connectivity index (χ4v) is 2.32. The monoisotopic (exact) mass is 351 g/mol. The van der Waals surface area contributed by atoms with Gasteiger partial charge >= 0.3 is 17.9 Å². The number of benzene rings is 2. The molecule has 7 nitrogen and oxygen atoms in total. The van der Waals surface area contributed by atoms with E-state index in [0.717, 1.165) is 0 Å². The van der Waals surface area contributed by atoms with E-state index in [4.69, 9.17) is 9.47 Å². The predicted octanol–water partition coefficient (Wildman–Crippen LogP) is 2.65. The smallest absolute Gasteiger partial charge is 0.363 e. The molecule has 26 heavy (non-hydrogen) atoms. The van der Waals surface area contributed by atoms with Crippen LogP contribution in [-0.2, 0) is 14.3 Å². The Morgan fingerprint density at radius 3 is 2.54 bits per heavy atom. The average molecular weight is 351 g/mol. The lowest BCUT2D eigenvalue weighted by Gasteiger charge is -2.06. The first-order chi connectivity index (χ1) is 12.4. The van der Waals surface area contributed by atoms with Gasteiger partial charge in [0.05, 0.1) is 0 Å². The minimum atomic E-state index is -1.26. The summed E-state index contributed by atoms with van der Waals surface area (Å²) in [6.45, 7) is 1.18. The molecule has 1 N–H and O–H groups in total. The first-order valence-corrected chi connectivity index (χ1v) is 7.58. The van der Waals surface area contributed by atoms with Crippen LogP contribution < -0.4 is 4.74 Å². The molecule has 0 atom stereocenters. The molecule has 0 bridgehead atoms. The van der Waals surface area contributed by atoms with Crippen LogP contribution in [0.25, 0.3) is 6.08 Å². The first kappa shape index (κ1) is 17.1. The molecule has 0 saturated heterocycles. The molecule has 2 aromatic carbocycles. The average Bonchev–Trinajstić information content (AvgIpc) is 2.97. The Hall–Kier alpha value is -3.74. The Morgan fingerprint density at radius 2 is 1.88 bits per heavy atom. The van der Waals surface area contributed by atoms with Gasteiger partial charge in [-0.2, -0.15) is 0 Å². The number of carbonyl (C=O) groups is 3. The molecule has 0 unspecified atom stereocenters. The van der Waals surface area contributed by atoms with Crippen LogP contribution in [0.1, 0.15) is 28.4 Å². The molecule has 7 heteroatoms. The van der Waals surface area contributed by atoms with Crippen LogP contribution in [0.4, 0.5) is 0 Å². The highest BCUT2D eigenvalue weighted by molar-refractivity contribution is 6.12. The van der Waals surface area contributed by atoms with Gasteiger partial charge in [-0.1, -0.05) is 24.3 Å². The molecule has 1 aliphatic rings. The summed E-state index contributed by atoms with van der Waals surface area (Å²) in [4.78, 5) is 38.6. The highest BCUT2D eigenvalue weighted by Crippen LogP contribution is 2.24. The molecule has 1 aliphatic heterocycles. The SMILES string of the molecule is CC(=O)Oc1ccc(/C=C2\N=C(c3ccccc3)OC2=O)cc1C(=O)O. The third-order valence-electron chi connectivity index (χ3n) is 3.43. The van der Waals surface area contributed by atoms with Crippen LogP contribution in [0.3, 0.4) is 0 Å². The number of aliphatic imine (C=N–C) groups is 1. The summed E-state index contributed by atoms with van der Waals surface area (Å²) in [5.74, 6) is -2.42. The third kappa shape index (κ3) is 3.67. The standard InChI is InChI=1S/C19H13NO6/c1-11(21)25-16-8-7-12(9-14(16)18(22)23)10-15-19(24)26-17(20-15)13-5-3-2-4-6-13/h2-10H,1H3,(H,22,23)/b15-10-. The second-order valence-corrected chi connectivity index (χ2v) is 5.36. The molecule has 130 valence electrons. The number of esters is 2. The van der Waals surface area contributed by atoms with Crippen LogP contribution in [0, 0.1) is 0 Å². The maximum absolute atomic E-state index is 12.0. The minimum Gasteiger partial charge on any atom is -0.478 e. The van der Waals surface area contributed by atoms with E-state index in [1.807, 2.05) is 6.07 Å². The summed E-state index contributed by atoms with van der Waals surface area (Å²) in [6.07, 6.45) is 1.41. The number of carboxylic acid groups (broad SMARTS) is 1. The van der Waals surface area contributed by atoms with Crippen molar-refractivity contribution in [2.45, 2.75) is 6.92 Å². The number of carbonyl (C=O) groups excluding carboxylic acids is 2. The largest absolute Gasteiger partial charge is 0.478 e. The summed E-state index contributed by atoms with van der Waals surface area (Å²) in [6, 6.07) is 13.1. The van der Waals surface area contributed by atoms with E-state index in [1.165, 1.54) is 31.2 Å². The maximum Gasteiger partial charge on any atom is 0.363 e. The van der Waals surface area contributed by atoms with E-state index in [0.29, 0.717) is 11.1 Å². The first-order valence-electron chi connectivity index (χ1n) is 7.58. The quantitative estimate of drug-likeness (QED) is 0.516. The molecular formula is C19H13NO6. The van der Waals surface area contributed by atoms with Crippen molar-refractivity contribution in [1.82, 2.24) is 0 Å². The number of hydrogen-bond acceptors (Lipinski definition) is 6. The maximum atomic E-state index is 12.0. The second-order valence-electron chi connectivity index (χ2n) is 5.36. The van der Waals surface area contributed by atoms with Crippen LogP contribution in [0.15, 0.2) is 59.2 Å². The van der Waals surface area contributed by atoms with Gasteiger partial charge in [-0.25, -0.2) is 14.6 Å². The molecule has 0 aromatic heterocycles.